The number of hydrogen-bond donors (Lipinski definition) is 10. The minimum Gasteiger partial charge on any atom is -0.481 e. The lowest BCUT2D eigenvalue weighted by Gasteiger charge is -2.30. The number of hydrogen-bond acceptors (Lipinski definition) is 9. The second-order valence-electron chi connectivity index (χ2n) is 11.7. The van der Waals surface area contributed by atoms with Crippen molar-refractivity contribution in [3.05, 3.63) is 35.9 Å². The van der Waals surface area contributed by atoms with Crippen LogP contribution in [0.1, 0.15) is 63.4 Å². The summed E-state index contributed by atoms with van der Waals surface area (Å²) in [4.78, 5) is 78.1. The molecule has 4 amide bonds. The molecule has 0 bridgehead atoms. The molecule has 17 nitrogen and oxygen atoms in total. The third-order valence-corrected chi connectivity index (χ3v) is 7.92. The van der Waals surface area contributed by atoms with Crippen LogP contribution in [0.5, 0.6) is 0 Å². The molecular weight excluding hydrogens is 626 g/mol. The van der Waals surface area contributed by atoms with Crippen LogP contribution in [-0.4, -0.2) is 106 Å². The maximum Gasteiger partial charge on any atom is 0.326 e. The molecule has 13 N–H and O–H groups in total. The van der Waals surface area contributed by atoms with Gasteiger partial charge in [-0.3, -0.25) is 29.4 Å². The van der Waals surface area contributed by atoms with E-state index in [4.69, 9.17) is 22.6 Å². The highest BCUT2D eigenvalue weighted by atomic mass is 16.4. The zero-order chi connectivity index (χ0) is 35.6. The molecule has 17 heteroatoms. The Morgan fingerprint density at radius 2 is 1.58 bits per heavy atom. The summed E-state index contributed by atoms with van der Waals surface area (Å²) in [6.07, 6.45) is 1.94. The summed E-state index contributed by atoms with van der Waals surface area (Å²) in [6.45, 7) is 0.809. The third kappa shape index (κ3) is 13.5. The number of carbonyl (C=O) groups is 6. The number of rotatable bonds is 21. The van der Waals surface area contributed by atoms with Gasteiger partial charge in [0.25, 0.3) is 0 Å². The molecule has 1 aromatic carbocycles. The van der Waals surface area contributed by atoms with E-state index in [0.29, 0.717) is 37.8 Å². The van der Waals surface area contributed by atoms with Crippen LogP contribution in [0.2, 0.25) is 0 Å². The molecule has 0 radical (unpaired) electrons. The van der Waals surface area contributed by atoms with Gasteiger partial charge < -0.3 is 53.6 Å². The van der Waals surface area contributed by atoms with E-state index >= 15 is 0 Å². The van der Waals surface area contributed by atoms with Crippen molar-refractivity contribution in [3.8, 4) is 0 Å². The van der Waals surface area contributed by atoms with Crippen LogP contribution in [0.3, 0.4) is 0 Å². The molecular formula is C31H49N9O8. The quantitative estimate of drug-likeness (QED) is 0.0398. The fourth-order valence-corrected chi connectivity index (χ4v) is 5.33. The Kier molecular flexibility index (Phi) is 16.8. The average Bonchev–Trinajstić information content (AvgIpc) is 3.54. The van der Waals surface area contributed by atoms with Gasteiger partial charge in [-0.1, -0.05) is 36.8 Å². The Bertz CT molecular complexity index is 1270. The number of nitrogens with zero attached hydrogens (tertiary/aromatic N) is 1. The lowest BCUT2D eigenvalue weighted by Crippen LogP contribution is -2.58. The first kappa shape index (κ1) is 39.4. The first-order valence-electron chi connectivity index (χ1n) is 16.1. The molecule has 0 unspecified atom stereocenters. The molecule has 266 valence electrons. The van der Waals surface area contributed by atoms with Gasteiger partial charge in [0.05, 0.1) is 6.04 Å². The van der Waals surface area contributed by atoms with E-state index in [2.05, 4.69) is 21.3 Å². The summed E-state index contributed by atoms with van der Waals surface area (Å²) in [5.41, 5.74) is 17.4. The Morgan fingerprint density at radius 3 is 2.21 bits per heavy atom. The van der Waals surface area contributed by atoms with Gasteiger partial charge in [-0.25, -0.2) is 4.79 Å². The highest BCUT2D eigenvalue weighted by molar-refractivity contribution is 5.96. The summed E-state index contributed by atoms with van der Waals surface area (Å²) in [5.74, 6) is -5.40. The minimum absolute atomic E-state index is 0.0245. The number of guanidine groups is 1. The third-order valence-electron chi connectivity index (χ3n) is 7.92. The Morgan fingerprint density at radius 1 is 0.896 bits per heavy atom. The molecule has 5 atom stereocenters. The van der Waals surface area contributed by atoms with Crippen LogP contribution >= 0.6 is 0 Å². The van der Waals surface area contributed by atoms with E-state index in [1.54, 1.807) is 30.3 Å². The van der Waals surface area contributed by atoms with Crippen LogP contribution in [0.4, 0.5) is 0 Å². The number of unbranched alkanes of at least 4 members (excludes halogenated alkanes) is 1. The molecule has 0 aliphatic carbocycles. The first-order chi connectivity index (χ1) is 22.8. The van der Waals surface area contributed by atoms with Gasteiger partial charge in [-0.05, 0) is 57.1 Å². The van der Waals surface area contributed by atoms with Gasteiger partial charge in [-0.15, -0.1) is 0 Å². The summed E-state index contributed by atoms with van der Waals surface area (Å²) in [7, 11) is 0. The van der Waals surface area contributed by atoms with Crippen LogP contribution in [0.15, 0.2) is 30.3 Å². The number of aliphatic carboxylic acids is 2. The minimum atomic E-state index is -1.29. The summed E-state index contributed by atoms with van der Waals surface area (Å²) >= 11 is 0. The number of nitrogens with one attached hydrogen (secondary N) is 5. The number of carboxylic acid groups (broad SMARTS) is 2. The lowest BCUT2D eigenvalue weighted by atomic mass is 10.0. The van der Waals surface area contributed by atoms with Crippen molar-refractivity contribution >= 4 is 41.5 Å². The number of carbonyl (C=O) groups excluding carboxylic acids is 4. The predicted molar refractivity (Wildman–Crippen MR) is 175 cm³/mol. The number of carboxylic acids is 2. The van der Waals surface area contributed by atoms with Gasteiger partial charge in [-0.2, -0.15) is 0 Å². The molecule has 2 rings (SSSR count). The molecule has 1 saturated heterocycles. The Labute approximate surface area is 279 Å². The Hall–Kier alpha value is -4.77. The monoisotopic (exact) mass is 675 g/mol. The van der Waals surface area contributed by atoms with E-state index in [9.17, 15) is 39.0 Å². The fourth-order valence-electron chi connectivity index (χ4n) is 5.33. The van der Waals surface area contributed by atoms with Gasteiger partial charge in [0.2, 0.25) is 23.6 Å². The number of nitrogens with two attached hydrogens (primary N) is 3. The van der Waals surface area contributed by atoms with E-state index < -0.39 is 72.2 Å². The average molecular weight is 676 g/mol. The zero-order valence-corrected chi connectivity index (χ0v) is 27.0. The predicted octanol–water partition coefficient (Wildman–Crippen LogP) is -1.66. The van der Waals surface area contributed by atoms with E-state index in [1.165, 1.54) is 4.90 Å². The molecule has 1 aromatic rings. The van der Waals surface area contributed by atoms with Crippen LogP contribution in [0.25, 0.3) is 0 Å². The zero-order valence-electron chi connectivity index (χ0n) is 27.0. The van der Waals surface area contributed by atoms with Gasteiger partial charge in [0.15, 0.2) is 5.96 Å². The molecule has 0 saturated carbocycles. The fraction of sp³-hybridized carbons (Fsp3) is 0.581. The van der Waals surface area contributed by atoms with Gasteiger partial charge in [0, 0.05) is 25.9 Å². The molecule has 0 spiro atoms. The van der Waals surface area contributed by atoms with Crippen LogP contribution < -0.4 is 38.5 Å². The molecule has 1 aliphatic heterocycles. The van der Waals surface area contributed by atoms with Crippen molar-refractivity contribution < 1.29 is 39.0 Å². The number of amides is 4. The van der Waals surface area contributed by atoms with E-state index in [-0.39, 0.29) is 51.2 Å². The SMILES string of the molecule is N=C(N)NCCC[C@H](NC(=O)[C@H](Cc1ccccc1)NC(=O)[C@@H]1CCCN1C(=O)[C@H](CCC(=O)O)NC(=O)[C@@H](N)CCCCN)C(=O)O. The van der Waals surface area contributed by atoms with Crippen molar-refractivity contribution in [2.45, 2.75) is 94.4 Å². The van der Waals surface area contributed by atoms with Gasteiger partial charge >= 0.3 is 11.9 Å². The van der Waals surface area contributed by atoms with Crippen molar-refractivity contribution in [3.63, 3.8) is 0 Å². The first-order valence-corrected chi connectivity index (χ1v) is 16.1. The highest BCUT2D eigenvalue weighted by Gasteiger charge is 2.39. The lowest BCUT2D eigenvalue weighted by molar-refractivity contribution is -0.144. The molecule has 0 aromatic heterocycles. The molecule has 1 heterocycles. The van der Waals surface area contributed by atoms with Crippen molar-refractivity contribution in [1.29, 1.82) is 5.41 Å². The van der Waals surface area contributed by atoms with Crippen molar-refractivity contribution in [2.75, 3.05) is 19.6 Å². The van der Waals surface area contributed by atoms with Crippen molar-refractivity contribution in [1.82, 2.24) is 26.2 Å². The molecule has 1 aliphatic rings. The highest BCUT2D eigenvalue weighted by Crippen LogP contribution is 2.20. The topological polar surface area (TPSA) is 296 Å². The van der Waals surface area contributed by atoms with Crippen molar-refractivity contribution in [2.24, 2.45) is 17.2 Å². The smallest absolute Gasteiger partial charge is 0.326 e. The summed E-state index contributed by atoms with van der Waals surface area (Å²) < 4.78 is 0. The largest absolute Gasteiger partial charge is 0.481 e. The standard InChI is InChI=1S/C31H49N9O8/c32-15-5-4-10-20(33)26(43)37-21(13-14-25(41)42)29(46)40-17-7-12-24(40)28(45)39-23(18-19-8-2-1-3-9-19)27(44)38-22(30(47)48)11-6-16-36-31(34)35/h1-3,8-9,20-24H,4-7,10-18,32-33H2,(H,37,43)(H,38,44)(H,39,45)(H,41,42)(H,47,48)(H4,34,35,36)/t20-,21-,22-,23-,24-/m0/s1. The molecule has 48 heavy (non-hydrogen) atoms. The van der Waals surface area contributed by atoms with E-state index in [1.807, 2.05) is 0 Å². The second-order valence-corrected chi connectivity index (χ2v) is 11.7. The van der Waals surface area contributed by atoms with Crippen LogP contribution in [-0.2, 0) is 35.2 Å². The van der Waals surface area contributed by atoms with Crippen LogP contribution in [0, 0.1) is 5.41 Å². The number of benzene rings is 1. The molecule has 1 fully saturated rings. The number of likely N-dealkylation sites (tertiary alicyclic amines) is 1. The second kappa shape index (κ2) is 20.5. The maximum atomic E-state index is 13.7. The normalized spacial score (nSPS) is 16.5. The van der Waals surface area contributed by atoms with Gasteiger partial charge in [0.1, 0.15) is 24.2 Å². The summed E-state index contributed by atoms with van der Waals surface area (Å²) in [5, 5.41) is 36.5. The maximum absolute atomic E-state index is 13.7. The van der Waals surface area contributed by atoms with E-state index in [0.717, 1.165) is 0 Å². The Balaban J connectivity index is 2.21. The summed E-state index contributed by atoms with van der Waals surface area (Å²) in [6, 6.07) is 3.07.